The number of anilines is 1. The molecule has 0 saturated carbocycles. The molecule has 168 valence electrons. The van der Waals surface area contributed by atoms with Crippen LogP contribution in [0.15, 0.2) is 60.3 Å². The lowest BCUT2D eigenvalue weighted by atomic mass is 10.1. The third-order valence-electron chi connectivity index (χ3n) is 4.60. The number of allylic oxidation sites excluding steroid dienone is 1. The lowest BCUT2D eigenvalue weighted by molar-refractivity contribution is -0.113. The maximum atomic E-state index is 12.4. The number of nitrogens with one attached hydrogen (secondary N) is 1. The molecule has 3 aromatic rings. The van der Waals surface area contributed by atoms with Gasteiger partial charge in [-0.05, 0) is 43.2 Å². The first-order valence-corrected chi connectivity index (χ1v) is 11.8. The number of nitrogens with zero attached hydrogens (tertiary/aromatic N) is 3. The minimum Gasteiger partial charge on any atom is -0.481 e. The van der Waals surface area contributed by atoms with Crippen LogP contribution in [0.2, 0.25) is 10.0 Å². The number of hydrogen-bond acceptors (Lipinski definition) is 5. The molecule has 1 amide bonds. The van der Waals surface area contributed by atoms with Gasteiger partial charge in [-0.25, -0.2) is 0 Å². The largest absolute Gasteiger partial charge is 0.481 e. The highest BCUT2D eigenvalue weighted by molar-refractivity contribution is 7.99. The molecule has 0 aliphatic rings. The Morgan fingerprint density at radius 1 is 1.25 bits per heavy atom. The Hall–Kier alpha value is -2.48. The van der Waals surface area contributed by atoms with E-state index in [2.05, 4.69) is 29.0 Å². The fourth-order valence-electron chi connectivity index (χ4n) is 2.97. The van der Waals surface area contributed by atoms with Gasteiger partial charge in [0.1, 0.15) is 5.75 Å². The summed E-state index contributed by atoms with van der Waals surface area (Å²) in [5, 5.41) is 13.0. The summed E-state index contributed by atoms with van der Waals surface area (Å²) in [7, 11) is 0. The first kappa shape index (κ1) is 24.2. The number of halogens is 2. The summed E-state index contributed by atoms with van der Waals surface area (Å²) < 4.78 is 7.84. The summed E-state index contributed by atoms with van der Waals surface area (Å²) in [6, 6.07) is 12.8. The molecule has 1 heterocycles. The van der Waals surface area contributed by atoms with Crippen LogP contribution >= 0.6 is 35.0 Å². The van der Waals surface area contributed by atoms with E-state index in [-0.39, 0.29) is 11.7 Å². The van der Waals surface area contributed by atoms with Crippen LogP contribution in [0.3, 0.4) is 0 Å². The van der Waals surface area contributed by atoms with Crippen LogP contribution in [-0.2, 0) is 17.8 Å². The number of thioether (sulfide) groups is 1. The van der Waals surface area contributed by atoms with Crippen molar-refractivity contribution in [1.82, 2.24) is 14.8 Å². The molecule has 3 rings (SSSR count). The molecule has 1 unspecified atom stereocenters. The number of amides is 1. The molecule has 0 radical (unpaired) electrons. The molecule has 6 nitrogen and oxygen atoms in total. The van der Waals surface area contributed by atoms with Crippen LogP contribution in [0, 0.1) is 0 Å². The predicted octanol–water partition coefficient (Wildman–Crippen LogP) is 6.20. The lowest BCUT2D eigenvalue weighted by Gasteiger charge is -2.16. The van der Waals surface area contributed by atoms with Crippen molar-refractivity contribution in [1.29, 1.82) is 0 Å². The van der Waals surface area contributed by atoms with Gasteiger partial charge in [-0.1, -0.05) is 60.1 Å². The Morgan fingerprint density at radius 2 is 2.00 bits per heavy atom. The van der Waals surface area contributed by atoms with Gasteiger partial charge in [-0.2, -0.15) is 0 Å². The van der Waals surface area contributed by atoms with E-state index in [0.717, 1.165) is 12.1 Å². The summed E-state index contributed by atoms with van der Waals surface area (Å²) in [4.78, 5) is 12.4. The van der Waals surface area contributed by atoms with Gasteiger partial charge >= 0.3 is 0 Å². The van der Waals surface area contributed by atoms with Crippen LogP contribution in [0.5, 0.6) is 5.75 Å². The number of hydrogen-bond donors (Lipinski definition) is 1. The molecule has 0 spiro atoms. The Bertz CT molecular complexity index is 1090. The first-order chi connectivity index (χ1) is 15.4. The number of carbonyl (C=O) groups excluding carboxylic acids is 1. The molecular weight excluding hydrogens is 467 g/mol. The van der Waals surface area contributed by atoms with Gasteiger partial charge in [0.05, 0.1) is 10.8 Å². The monoisotopic (exact) mass is 490 g/mol. The van der Waals surface area contributed by atoms with Crippen molar-refractivity contribution in [3.05, 3.63) is 76.6 Å². The minimum atomic E-state index is -0.446. The van der Waals surface area contributed by atoms with Crippen molar-refractivity contribution in [2.75, 3.05) is 11.1 Å². The van der Waals surface area contributed by atoms with Crippen molar-refractivity contribution in [2.45, 2.75) is 38.1 Å². The Balaban J connectivity index is 1.67. The van der Waals surface area contributed by atoms with E-state index < -0.39 is 6.10 Å². The second-order valence-electron chi connectivity index (χ2n) is 6.96. The van der Waals surface area contributed by atoms with Crippen molar-refractivity contribution in [3.63, 3.8) is 0 Å². The zero-order valence-corrected chi connectivity index (χ0v) is 20.2. The third-order valence-corrected chi connectivity index (χ3v) is 6.11. The average molecular weight is 491 g/mol. The van der Waals surface area contributed by atoms with Crippen molar-refractivity contribution in [2.24, 2.45) is 0 Å². The number of aromatic nitrogens is 3. The zero-order chi connectivity index (χ0) is 23.1. The normalized spacial score (nSPS) is 11.8. The van der Waals surface area contributed by atoms with Crippen molar-refractivity contribution >= 4 is 46.6 Å². The number of ether oxygens (including phenoxy) is 1. The van der Waals surface area contributed by atoms with Gasteiger partial charge in [0, 0.05) is 23.3 Å². The molecular formula is C23H24Cl2N4O2S. The van der Waals surface area contributed by atoms with E-state index >= 15 is 0 Å². The van der Waals surface area contributed by atoms with Crippen LogP contribution < -0.4 is 10.1 Å². The summed E-state index contributed by atoms with van der Waals surface area (Å²) in [6.07, 6.45) is 2.25. The van der Waals surface area contributed by atoms with Crippen LogP contribution in [0.4, 0.5) is 5.69 Å². The smallest absolute Gasteiger partial charge is 0.234 e. The van der Waals surface area contributed by atoms with Gasteiger partial charge in [-0.3, -0.25) is 9.36 Å². The summed E-state index contributed by atoms with van der Waals surface area (Å²) in [5.41, 5.74) is 1.99. The molecule has 1 atom stereocenters. The van der Waals surface area contributed by atoms with E-state index in [1.165, 1.54) is 17.3 Å². The summed E-state index contributed by atoms with van der Waals surface area (Å²) in [6.45, 7) is 8.22. The zero-order valence-electron chi connectivity index (χ0n) is 17.8. The highest BCUT2D eigenvalue weighted by atomic mass is 35.5. The van der Waals surface area contributed by atoms with E-state index in [4.69, 9.17) is 27.9 Å². The van der Waals surface area contributed by atoms with Gasteiger partial charge < -0.3 is 10.1 Å². The molecule has 0 fully saturated rings. The topological polar surface area (TPSA) is 69.0 Å². The number of rotatable bonds is 10. The summed E-state index contributed by atoms with van der Waals surface area (Å²) >= 11 is 13.6. The van der Waals surface area contributed by atoms with E-state index in [1.54, 1.807) is 24.3 Å². The molecule has 0 aliphatic heterocycles. The Kier molecular flexibility index (Phi) is 8.61. The summed E-state index contributed by atoms with van der Waals surface area (Å²) in [5.74, 6) is 1.13. The molecule has 2 aromatic carbocycles. The van der Waals surface area contributed by atoms with Crippen LogP contribution in [0.25, 0.3) is 0 Å². The van der Waals surface area contributed by atoms with Gasteiger partial charge in [0.15, 0.2) is 17.1 Å². The number of aryl methyl sites for hydroxylation is 1. The highest BCUT2D eigenvalue weighted by Crippen LogP contribution is 2.32. The third kappa shape index (κ3) is 6.28. The Morgan fingerprint density at radius 3 is 2.69 bits per heavy atom. The number of benzene rings is 2. The predicted molar refractivity (Wildman–Crippen MR) is 131 cm³/mol. The quantitative estimate of drug-likeness (QED) is 0.270. The molecule has 1 N–H and O–H groups in total. The standard InChI is InChI=1S/C23H24Cl2N4O2S/c1-4-12-29-22(15(3)31-20-13-17(24)8-11-19(20)25)27-28-23(29)32-14-21(30)26-18-9-6-16(5-2)7-10-18/h4,6-11,13,15H,1,5,12,14H2,2-3H3,(H,26,30). The molecule has 0 saturated heterocycles. The first-order valence-electron chi connectivity index (χ1n) is 10.1. The van der Waals surface area contributed by atoms with Crippen LogP contribution in [-0.4, -0.2) is 26.4 Å². The molecule has 0 bridgehead atoms. The Labute approximate surface area is 202 Å². The lowest BCUT2D eigenvalue weighted by Crippen LogP contribution is -2.15. The second kappa shape index (κ2) is 11.4. The fraction of sp³-hybridized carbons (Fsp3) is 0.261. The molecule has 0 aliphatic carbocycles. The second-order valence-corrected chi connectivity index (χ2v) is 8.75. The molecule has 9 heteroatoms. The van der Waals surface area contributed by atoms with Crippen LogP contribution in [0.1, 0.15) is 31.3 Å². The average Bonchev–Trinajstić information content (AvgIpc) is 3.18. The maximum Gasteiger partial charge on any atom is 0.234 e. The van der Waals surface area contributed by atoms with Crippen molar-refractivity contribution < 1.29 is 9.53 Å². The van der Waals surface area contributed by atoms with E-state index in [9.17, 15) is 4.79 Å². The van der Waals surface area contributed by atoms with Gasteiger partial charge in [0.2, 0.25) is 5.91 Å². The fourth-order valence-corrected chi connectivity index (χ4v) is 4.05. The minimum absolute atomic E-state index is 0.121. The SMILES string of the molecule is C=CCn1c(SCC(=O)Nc2ccc(CC)cc2)nnc1C(C)Oc1cc(Cl)ccc1Cl. The van der Waals surface area contributed by atoms with Gasteiger partial charge in [0.25, 0.3) is 0 Å². The maximum absolute atomic E-state index is 12.4. The van der Waals surface area contributed by atoms with Crippen molar-refractivity contribution in [3.8, 4) is 5.75 Å². The highest BCUT2D eigenvalue weighted by Gasteiger charge is 2.20. The van der Waals surface area contributed by atoms with E-state index in [0.29, 0.717) is 33.3 Å². The number of carbonyl (C=O) groups is 1. The molecule has 1 aromatic heterocycles. The van der Waals surface area contributed by atoms with Gasteiger partial charge in [-0.15, -0.1) is 16.8 Å². The molecule has 32 heavy (non-hydrogen) atoms. The van der Waals surface area contributed by atoms with E-state index in [1.807, 2.05) is 35.8 Å².